The average molecular weight is 361 g/mol. The lowest BCUT2D eigenvalue weighted by Crippen LogP contribution is -2.40. The van der Waals surface area contributed by atoms with Gasteiger partial charge >= 0.3 is 5.97 Å². The van der Waals surface area contributed by atoms with Gasteiger partial charge in [0.25, 0.3) is 0 Å². The van der Waals surface area contributed by atoms with Crippen LogP contribution in [0.1, 0.15) is 32.3 Å². The first-order valence-electron chi connectivity index (χ1n) is 8.74. The molecule has 6 heteroatoms. The Morgan fingerprint density at radius 3 is 2.27 bits per heavy atom. The molecule has 2 atom stereocenters. The van der Waals surface area contributed by atoms with Crippen molar-refractivity contribution in [1.82, 2.24) is 5.32 Å². The molecule has 0 spiro atoms. The van der Waals surface area contributed by atoms with Crippen molar-refractivity contribution in [1.29, 1.82) is 0 Å². The van der Waals surface area contributed by atoms with E-state index in [1.54, 1.807) is 14.2 Å². The number of carbonyl (C=O) groups is 2. The van der Waals surface area contributed by atoms with E-state index in [0.717, 1.165) is 16.7 Å². The number of rotatable bonds is 7. The van der Waals surface area contributed by atoms with Crippen LogP contribution in [0.4, 0.5) is 0 Å². The number of methoxy groups -OCH3 is 2. The number of carboxylic acid groups (broad SMARTS) is 1. The number of hydrogen-bond acceptors (Lipinski definition) is 4. The number of allylic oxidation sites excluding steroid dienone is 2. The number of ether oxygens (including phenoxy) is 2. The van der Waals surface area contributed by atoms with Gasteiger partial charge in [-0.3, -0.25) is 9.59 Å². The van der Waals surface area contributed by atoms with Gasteiger partial charge in [-0.2, -0.15) is 0 Å². The van der Waals surface area contributed by atoms with Gasteiger partial charge in [-0.25, -0.2) is 0 Å². The predicted molar refractivity (Wildman–Crippen MR) is 98.5 cm³/mol. The summed E-state index contributed by atoms with van der Waals surface area (Å²) in [5, 5.41) is 12.3. The molecule has 0 fully saturated rings. The monoisotopic (exact) mass is 361 g/mol. The highest BCUT2D eigenvalue weighted by atomic mass is 16.5. The summed E-state index contributed by atoms with van der Waals surface area (Å²) < 4.78 is 10.5. The maximum Gasteiger partial charge on any atom is 0.307 e. The highest BCUT2D eigenvalue weighted by Crippen LogP contribution is 2.34. The van der Waals surface area contributed by atoms with Crippen molar-refractivity contribution in [2.75, 3.05) is 20.8 Å². The Morgan fingerprint density at radius 2 is 1.69 bits per heavy atom. The summed E-state index contributed by atoms with van der Waals surface area (Å²) in [6, 6.07) is 5.63. The van der Waals surface area contributed by atoms with Gasteiger partial charge in [0.15, 0.2) is 11.5 Å². The summed E-state index contributed by atoms with van der Waals surface area (Å²) in [7, 11) is 3.16. The molecule has 2 rings (SSSR count). The first-order valence-corrected chi connectivity index (χ1v) is 8.74. The summed E-state index contributed by atoms with van der Waals surface area (Å²) in [6.45, 7) is 4.35. The number of benzene rings is 1. The summed E-state index contributed by atoms with van der Waals surface area (Å²) >= 11 is 0. The zero-order valence-corrected chi connectivity index (χ0v) is 15.8. The summed E-state index contributed by atoms with van der Waals surface area (Å²) in [5.41, 5.74) is 3.20. The zero-order chi connectivity index (χ0) is 19.3. The molecule has 0 radical (unpaired) electrons. The fourth-order valence-electron chi connectivity index (χ4n) is 3.32. The topological polar surface area (TPSA) is 84.9 Å². The van der Waals surface area contributed by atoms with Crippen LogP contribution in [0.15, 0.2) is 29.3 Å². The molecule has 142 valence electrons. The third-order valence-corrected chi connectivity index (χ3v) is 5.08. The van der Waals surface area contributed by atoms with Crippen molar-refractivity contribution in [3.63, 3.8) is 0 Å². The molecule has 0 aliphatic heterocycles. The SMILES string of the molecule is COc1ccc(CCNC(=O)[C@H]2CC(C)=C(C)C[C@H]2C(=O)O)cc1OC. The van der Waals surface area contributed by atoms with Gasteiger partial charge in [-0.15, -0.1) is 0 Å². The van der Waals surface area contributed by atoms with Crippen LogP contribution >= 0.6 is 0 Å². The van der Waals surface area contributed by atoms with Crippen LogP contribution in [0.25, 0.3) is 0 Å². The quantitative estimate of drug-likeness (QED) is 0.730. The third kappa shape index (κ3) is 4.56. The Hall–Kier alpha value is -2.50. The normalized spacial score (nSPS) is 19.8. The first kappa shape index (κ1) is 19.8. The van der Waals surface area contributed by atoms with Gasteiger partial charge in [-0.1, -0.05) is 17.2 Å². The second-order valence-corrected chi connectivity index (χ2v) is 6.75. The number of amides is 1. The van der Waals surface area contributed by atoms with Crippen LogP contribution in [-0.4, -0.2) is 37.7 Å². The van der Waals surface area contributed by atoms with E-state index in [9.17, 15) is 14.7 Å². The fourth-order valence-corrected chi connectivity index (χ4v) is 3.32. The summed E-state index contributed by atoms with van der Waals surface area (Å²) in [4.78, 5) is 24.1. The molecule has 6 nitrogen and oxygen atoms in total. The largest absolute Gasteiger partial charge is 0.493 e. The van der Waals surface area contributed by atoms with E-state index >= 15 is 0 Å². The van der Waals surface area contributed by atoms with E-state index in [1.807, 2.05) is 32.0 Å². The highest BCUT2D eigenvalue weighted by Gasteiger charge is 2.37. The molecule has 26 heavy (non-hydrogen) atoms. The van der Waals surface area contributed by atoms with E-state index in [4.69, 9.17) is 9.47 Å². The number of carbonyl (C=O) groups excluding carboxylic acids is 1. The Kier molecular flexibility index (Phi) is 6.66. The van der Waals surface area contributed by atoms with E-state index < -0.39 is 17.8 Å². The zero-order valence-electron chi connectivity index (χ0n) is 15.8. The van der Waals surface area contributed by atoms with Gasteiger partial charge in [0.1, 0.15) is 0 Å². The summed E-state index contributed by atoms with van der Waals surface area (Å²) in [6.07, 6.45) is 1.57. The number of hydrogen-bond donors (Lipinski definition) is 2. The van der Waals surface area contributed by atoms with E-state index in [1.165, 1.54) is 0 Å². The maximum absolute atomic E-state index is 12.5. The molecule has 0 heterocycles. The maximum atomic E-state index is 12.5. The summed E-state index contributed by atoms with van der Waals surface area (Å²) in [5.74, 6) is -0.960. The molecule has 1 amide bonds. The number of aliphatic carboxylic acids is 1. The van der Waals surface area contributed by atoms with Crippen molar-refractivity contribution in [2.24, 2.45) is 11.8 Å². The van der Waals surface area contributed by atoms with Crippen LogP contribution in [0.3, 0.4) is 0 Å². The number of nitrogens with one attached hydrogen (secondary N) is 1. The molecule has 2 N–H and O–H groups in total. The Morgan fingerprint density at radius 1 is 1.08 bits per heavy atom. The van der Waals surface area contributed by atoms with Crippen LogP contribution in [-0.2, 0) is 16.0 Å². The van der Waals surface area contributed by atoms with Gasteiger partial charge < -0.3 is 19.9 Å². The van der Waals surface area contributed by atoms with Gasteiger partial charge in [-0.05, 0) is 50.8 Å². The molecule has 0 saturated carbocycles. The van der Waals surface area contributed by atoms with Crippen molar-refractivity contribution in [3.8, 4) is 11.5 Å². The average Bonchev–Trinajstić information content (AvgIpc) is 2.63. The van der Waals surface area contributed by atoms with Crippen LogP contribution in [0.5, 0.6) is 11.5 Å². The minimum absolute atomic E-state index is 0.190. The lowest BCUT2D eigenvalue weighted by atomic mass is 9.76. The smallest absolute Gasteiger partial charge is 0.307 e. The molecule has 1 aliphatic rings. The van der Waals surface area contributed by atoms with Crippen molar-refractivity contribution >= 4 is 11.9 Å². The molecule has 1 aromatic rings. The molecular formula is C20H27NO5. The standard InChI is InChI=1S/C20H27NO5/c1-12-9-15(16(20(23)24)10-13(12)2)19(22)21-8-7-14-5-6-17(25-3)18(11-14)26-4/h5-6,11,15-16H,7-10H2,1-4H3,(H,21,22)(H,23,24)/t15-,16+/m0/s1. The molecule has 0 aromatic heterocycles. The van der Waals surface area contributed by atoms with Crippen molar-refractivity contribution < 1.29 is 24.2 Å². The fraction of sp³-hybridized carbons (Fsp3) is 0.500. The minimum atomic E-state index is -0.906. The second kappa shape index (κ2) is 8.74. The van der Waals surface area contributed by atoms with Crippen LogP contribution in [0, 0.1) is 11.8 Å². The Labute approximate surface area is 154 Å². The lowest BCUT2D eigenvalue weighted by molar-refractivity contribution is -0.147. The lowest BCUT2D eigenvalue weighted by Gasteiger charge is -2.29. The van der Waals surface area contributed by atoms with Crippen molar-refractivity contribution in [2.45, 2.75) is 33.1 Å². The molecule has 0 bridgehead atoms. The predicted octanol–water partition coefficient (Wildman–Crippen LogP) is 2.81. The second-order valence-electron chi connectivity index (χ2n) is 6.75. The van der Waals surface area contributed by atoms with Crippen LogP contribution < -0.4 is 14.8 Å². The highest BCUT2D eigenvalue weighted by molar-refractivity contribution is 5.85. The molecule has 1 aromatic carbocycles. The van der Waals surface area contributed by atoms with Gasteiger partial charge in [0.2, 0.25) is 5.91 Å². The van der Waals surface area contributed by atoms with E-state index in [0.29, 0.717) is 37.3 Å². The van der Waals surface area contributed by atoms with Gasteiger partial charge in [0, 0.05) is 6.54 Å². The van der Waals surface area contributed by atoms with E-state index in [2.05, 4.69) is 5.32 Å². The minimum Gasteiger partial charge on any atom is -0.493 e. The first-order chi connectivity index (χ1) is 12.4. The third-order valence-electron chi connectivity index (χ3n) is 5.08. The molecular weight excluding hydrogens is 334 g/mol. The van der Waals surface area contributed by atoms with Crippen molar-refractivity contribution in [3.05, 3.63) is 34.9 Å². The molecule has 1 aliphatic carbocycles. The van der Waals surface area contributed by atoms with Gasteiger partial charge in [0.05, 0.1) is 26.1 Å². The Bertz CT molecular complexity index is 710. The molecule has 0 saturated heterocycles. The number of carboxylic acids is 1. The Balaban J connectivity index is 1.97. The van der Waals surface area contributed by atoms with E-state index in [-0.39, 0.29) is 5.91 Å². The molecule has 0 unspecified atom stereocenters. The van der Waals surface area contributed by atoms with Crippen LogP contribution in [0.2, 0.25) is 0 Å².